The molecule has 0 radical (unpaired) electrons. The van der Waals surface area contributed by atoms with Crippen LogP contribution in [0.3, 0.4) is 0 Å². The summed E-state index contributed by atoms with van der Waals surface area (Å²) in [4.78, 5) is 21.0. The van der Waals surface area contributed by atoms with Crippen LogP contribution in [0.5, 0.6) is 5.88 Å². The molecule has 5 aromatic rings. The third-order valence-corrected chi connectivity index (χ3v) is 6.94. The summed E-state index contributed by atoms with van der Waals surface area (Å²) in [6.45, 7) is 0.899. The average molecular weight is 571 g/mol. The van der Waals surface area contributed by atoms with Crippen LogP contribution >= 0.6 is 11.6 Å². The maximum absolute atomic E-state index is 14.2. The van der Waals surface area contributed by atoms with Crippen molar-refractivity contribution in [2.75, 3.05) is 13.7 Å². The lowest BCUT2D eigenvalue weighted by Crippen LogP contribution is -2.09. The molecule has 1 N–H and O–H groups in total. The number of imidazole rings is 1. The van der Waals surface area contributed by atoms with Crippen molar-refractivity contribution < 1.29 is 23.8 Å². The number of pyridine rings is 1. The third kappa shape index (κ3) is 6.04. The van der Waals surface area contributed by atoms with Crippen LogP contribution in [0.4, 0.5) is 4.39 Å². The van der Waals surface area contributed by atoms with Crippen molar-refractivity contribution in [1.29, 1.82) is 5.26 Å². The van der Waals surface area contributed by atoms with Gasteiger partial charge in [0, 0.05) is 42.3 Å². The number of carboxylic acid groups (broad SMARTS) is 1. The number of nitrogens with zero attached hydrogens (tertiary/aromatic N) is 4. The molecule has 0 aliphatic heterocycles. The van der Waals surface area contributed by atoms with E-state index in [1.54, 1.807) is 31.4 Å². The van der Waals surface area contributed by atoms with E-state index in [1.165, 1.54) is 24.3 Å². The van der Waals surface area contributed by atoms with Gasteiger partial charge in [0.15, 0.2) is 0 Å². The topological polar surface area (TPSA) is 110 Å². The summed E-state index contributed by atoms with van der Waals surface area (Å²) in [5.74, 6) is -0.573. The molecular weight excluding hydrogens is 547 g/mol. The highest BCUT2D eigenvalue weighted by atomic mass is 35.5. The first-order valence-electron chi connectivity index (χ1n) is 12.7. The Bertz CT molecular complexity index is 1800. The highest BCUT2D eigenvalue weighted by Crippen LogP contribution is 2.29. The summed E-state index contributed by atoms with van der Waals surface area (Å²) in [5.41, 5.74) is 4.01. The Morgan fingerprint density at radius 3 is 2.61 bits per heavy atom. The Hall–Kier alpha value is -4.78. The molecule has 41 heavy (non-hydrogen) atoms. The number of fused-ring (bicyclic) bond motifs is 1. The zero-order chi connectivity index (χ0) is 28.9. The van der Waals surface area contributed by atoms with Crippen LogP contribution < -0.4 is 4.74 Å². The summed E-state index contributed by atoms with van der Waals surface area (Å²) in [6.07, 6.45) is 0.378. The number of rotatable bonds is 10. The molecule has 2 heterocycles. The van der Waals surface area contributed by atoms with Gasteiger partial charge in [-0.05, 0) is 42.0 Å². The molecule has 2 aromatic heterocycles. The fourth-order valence-corrected chi connectivity index (χ4v) is 4.74. The smallest absolute Gasteiger partial charge is 0.337 e. The van der Waals surface area contributed by atoms with E-state index in [4.69, 9.17) is 26.3 Å². The van der Waals surface area contributed by atoms with E-state index in [2.05, 4.69) is 9.97 Å². The largest absolute Gasteiger partial charge is 0.478 e. The highest BCUT2D eigenvalue weighted by molar-refractivity contribution is 6.31. The number of aromatic nitrogens is 3. The molecule has 0 aliphatic carbocycles. The number of benzene rings is 3. The average Bonchev–Trinajstić information content (AvgIpc) is 3.33. The summed E-state index contributed by atoms with van der Waals surface area (Å²) in [5, 5.41) is 19.1. The number of ether oxygens (including phenoxy) is 2. The molecule has 0 bridgehead atoms. The number of aromatic carboxylic acids is 1. The van der Waals surface area contributed by atoms with Crippen LogP contribution in [0.1, 0.15) is 32.9 Å². The Labute approximate surface area is 240 Å². The fourth-order valence-electron chi connectivity index (χ4n) is 4.50. The van der Waals surface area contributed by atoms with Gasteiger partial charge in [0.1, 0.15) is 23.8 Å². The lowest BCUT2D eigenvalue weighted by atomic mass is 10.1. The summed E-state index contributed by atoms with van der Waals surface area (Å²) in [7, 11) is 1.61. The molecule has 0 atom stereocenters. The van der Waals surface area contributed by atoms with E-state index in [9.17, 15) is 14.3 Å². The minimum absolute atomic E-state index is 0.0403. The zero-order valence-corrected chi connectivity index (χ0v) is 22.7. The highest BCUT2D eigenvalue weighted by Gasteiger charge is 2.18. The van der Waals surface area contributed by atoms with Crippen molar-refractivity contribution in [3.05, 3.63) is 112 Å². The number of hydrogen-bond donors (Lipinski definition) is 1. The number of carbonyl (C=O) groups is 1. The number of carboxylic acids is 1. The molecule has 8 nitrogen and oxygen atoms in total. The molecule has 0 amide bonds. The Morgan fingerprint density at radius 1 is 1.07 bits per heavy atom. The lowest BCUT2D eigenvalue weighted by molar-refractivity contribution is 0.0699. The van der Waals surface area contributed by atoms with Crippen LogP contribution in [0.25, 0.3) is 22.3 Å². The number of hydrogen-bond acceptors (Lipinski definition) is 6. The molecule has 0 unspecified atom stereocenters. The van der Waals surface area contributed by atoms with Gasteiger partial charge in [0.2, 0.25) is 5.88 Å². The second kappa shape index (κ2) is 12.2. The Morgan fingerprint density at radius 2 is 1.88 bits per heavy atom. The van der Waals surface area contributed by atoms with Crippen molar-refractivity contribution in [3.63, 3.8) is 0 Å². The van der Waals surface area contributed by atoms with Gasteiger partial charge in [-0.2, -0.15) is 5.26 Å². The van der Waals surface area contributed by atoms with Gasteiger partial charge >= 0.3 is 5.97 Å². The van der Waals surface area contributed by atoms with Crippen molar-refractivity contribution >= 4 is 28.6 Å². The minimum Gasteiger partial charge on any atom is -0.478 e. The van der Waals surface area contributed by atoms with Crippen LogP contribution in [0.2, 0.25) is 5.02 Å². The Kier molecular flexibility index (Phi) is 8.24. The second-order valence-electron chi connectivity index (χ2n) is 9.20. The van der Waals surface area contributed by atoms with Crippen molar-refractivity contribution in [2.24, 2.45) is 0 Å². The molecular formula is C31H24ClFN4O4. The maximum Gasteiger partial charge on any atom is 0.337 e. The SMILES string of the molecule is COCCn1c(Cc2ccc(-c3cccc(OCc4ccc(C#N)cc4F)n3)cc2Cl)nc2c(C(=O)O)cccc21. The first-order valence-corrected chi connectivity index (χ1v) is 13.0. The van der Waals surface area contributed by atoms with Crippen molar-refractivity contribution in [3.8, 4) is 23.2 Å². The minimum atomic E-state index is -1.04. The summed E-state index contributed by atoms with van der Waals surface area (Å²) >= 11 is 6.71. The predicted octanol–water partition coefficient (Wildman–Crippen LogP) is 6.28. The Balaban J connectivity index is 1.38. The standard InChI is InChI=1S/C31H24ClFN4O4/c1-40-13-12-37-27-6-2-4-23(31(38)39)30(27)36-28(37)16-20-10-11-21(15-24(20)32)26-5-3-7-29(35-26)41-18-22-9-8-19(17-34)14-25(22)33/h2-11,14-15H,12-13,16,18H2,1H3,(H,38,39). The molecule has 3 aromatic carbocycles. The van der Waals surface area contributed by atoms with Crippen molar-refractivity contribution in [2.45, 2.75) is 19.6 Å². The first-order chi connectivity index (χ1) is 19.9. The molecule has 10 heteroatoms. The normalized spacial score (nSPS) is 11.0. The summed E-state index contributed by atoms with van der Waals surface area (Å²) < 4.78 is 27.1. The molecule has 0 saturated carbocycles. The van der Waals surface area contributed by atoms with Gasteiger partial charge in [0.25, 0.3) is 0 Å². The number of nitriles is 1. The van der Waals surface area contributed by atoms with E-state index in [0.29, 0.717) is 58.6 Å². The summed E-state index contributed by atoms with van der Waals surface area (Å²) in [6, 6.07) is 22.1. The fraction of sp³-hybridized carbons (Fsp3) is 0.161. The van der Waals surface area contributed by atoms with E-state index < -0.39 is 11.8 Å². The lowest BCUT2D eigenvalue weighted by Gasteiger charge is -2.11. The van der Waals surface area contributed by atoms with E-state index in [1.807, 2.05) is 34.9 Å². The van der Waals surface area contributed by atoms with Crippen LogP contribution in [-0.4, -0.2) is 39.3 Å². The molecule has 0 fully saturated rings. The van der Waals surface area contributed by atoms with Crippen LogP contribution in [-0.2, 0) is 24.3 Å². The van der Waals surface area contributed by atoms with Crippen molar-refractivity contribution in [1.82, 2.24) is 14.5 Å². The quantitative estimate of drug-likeness (QED) is 0.210. The number of para-hydroxylation sites is 1. The van der Waals surface area contributed by atoms with Gasteiger partial charge in [-0.25, -0.2) is 19.2 Å². The maximum atomic E-state index is 14.2. The third-order valence-electron chi connectivity index (χ3n) is 6.59. The molecule has 0 saturated heterocycles. The molecule has 0 aliphatic rings. The van der Waals surface area contributed by atoms with Gasteiger partial charge in [-0.15, -0.1) is 0 Å². The van der Waals surface area contributed by atoms with Gasteiger partial charge < -0.3 is 19.1 Å². The zero-order valence-electron chi connectivity index (χ0n) is 22.0. The molecule has 206 valence electrons. The number of methoxy groups -OCH3 is 1. The van der Waals surface area contributed by atoms with Gasteiger partial charge in [-0.3, -0.25) is 0 Å². The first kappa shape index (κ1) is 27.8. The molecule has 0 spiro atoms. The van der Waals surface area contributed by atoms with E-state index >= 15 is 0 Å². The second-order valence-corrected chi connectivity index (χ2v) is 9.61. The van der Waals surface area contributed by atoms with Crippen LogP contribution in [0, 0.1) is 17.1 Å². The van der Waals surface area contributed by atoms with Gasteiger partial charge in [0.05, 0.1) is 35.0 Å². The van der Waals surface area contributed by atoms with Gasteiger partial charge in [-0.1, -0.05) is 41.9 Å². The van der Waals surface area contributed by atoms with E-state index in [0.717, 1.165) is 11.1 Å². The van der Waals surface area contributed by atoms with E-state index in [-0.39, 0.29) is 17.7 Å². The van der Waals surface area contributed by atoms with Crippen LogP contribution in [0.15, 0.2) is 72.8 Å². The molecule has 5 rings (SSSR count). The monoisotopic (exact) mass is 570 g/mol. The predicted molar refractivity (Wildman–Crippen MR) is 152 cm³/mol. The number of halogens is 2.